The van der Waals surface area contributed by atoms with Gasteiger partial charge < -0.3 is 0 Å². The van der Waals surface area contributed by atoms with Gasteiger partial charge >= 0.3 is 0 Å². The Labute approximate surface area is 125 Å². The Morgan fingerprint density at radius 2 is 1.70 bits per heavy atom. The van der Waals surface area contributed by atoms with Crippen LogP contribution in [0.25, 0.3) is 0 Å². The summed E-state index contributed by atoms with van der Waals surface area (Å²) in [5, 5.41) is 0. The van der Waals surface area contributed by atoms with Gasteiger partial charge in [-0.2, -0.15) is 0 Å². The van der Waals surface area contributed by atoms with Gasteiger partial charge in [0, 0.05) is 10.5 Å². The van der Waals surface area contributed by atoms with Crippen molar-refractivity contribution in [2.45, 2.75) is 18.9 Å². The van der Waals surface area contributed by atoms with Gasteiger partial charge in [-0.05, 0) is 54.3 Å². The van der Waals surface area contributed by atoms with Gasteiger partial charge in [0.05, 0.1) is 0 Å². The number of rotatable bonds is 5. The summed E-state index contributed by atoms with van der Waals surface area (Å²) in [6.45, 7) is 0. The van der Waals surface area contributed by atoms with Crippen molar-refractivity contribution in [3.05, 3.63) is 69.7 Å². The van der Waals surface area contributed by atoms with E-state index in [1.165, 1.54) is 24.3 Å². The summed E-state index contributed by atoms with van der Waals surface area (Å²) < 4.78 is 27.2. The lowest BCUT2D eigenvalue weighted by Crippen LogP contribution is -2.38. The average Bonchev–Trinajstić information content (AvgIpc) is 2.36. The molecule has 5 heteroatoms. The average molecular weight is 341 g/mol. The van der Waals surface area contributed by atoms with Crippen LogP contribution in [0.4, 0.5) is 8.78 Å². The Morgan fingerprint density at radius 1 is 1.00 bits per heavy atom. The molecule has 0 aliphatic carbocycles. The van der Waals surface area contributed by atoms with Crippen molar-refractivity contribution in [2.24, 2.45) is 5.84 Å². The first-order valence-electron chi connectivity index (χ1n) is 6.22. The van der Waals surface area contributed by atoms with E-state index in [0.717, 1.165) is 11.1 Å². The minimum Gasteiger partial charge on any atom is -0.271 e. The van der Waals surface area contributed by atoms with Gasteiger partial charge in [0.15, 0.2) is 0 Å². The Hall–Kier alpha value is -1.30. The van der Waals surface area contributed by atoms with Crippen molar-refractivity contribution in [2.75, 3.05) is 0 Å². The van der Waals surface area contributed by atoms with E-state index in [0.29, 0.717) is 17.3 Å². The Morgan fingerprint density at radius 3 is 2.35 bits per heavy atom. The maximum atomic E-state index is 13.3. The fraction of sp³-hybridized carbons (Fsp3) is 0.200. The molecular weight excluding hydrogens is 326 g/mol. The van der Waals surface area contributed by atoms with Crippen LogP contribution in [0.2, 0.25) is 0 Å². The predicted molar refractivity (Wildman–Crippen MR) is 79.0 cm³/mol. The first-order chi connectivity index (χ1) is 9.56. The van der Waals surface area contributed by atoms with E-state index < -0.39 is 0 Å². The van der Waals surface area contributed by atoms with Gasteiger partial charge in [0.2, 0.25) is 0 Å². The predicted octanol–water partition coefficient (Wildman–Crippen LogP) is 3.34. The second kappa shape index (κ2) is 6.92. The molecule has 0 saturated carbocycles. The van der Waals surface area contributed by atoms with E-state index in [2.05, 4.69) is 21.4 Å². The highest BCUT2D eigenvalue weighted by Crippen LogP contribution is 2.17. The normalized spacial score (nSPS) is 12.4. The van der Waals surface area contributed by atoms with Crippen LogP contribution in [0.5, 0.6) is 0 Å². The summed E-state index contributed by atoms with van der Waals surface area (Å²) in [4.78, 5) is 0. The molecule has 0 saturated heterocycles. The lowest BCUT2D eigenvalue weighted by atomic mass is 9.99. The Balaban J connectivity index is 2.09. The van der Waals surface area contributed by atoms with Gasteiger partial charge in [-0.3, -0.25) is 11.3 Å². The topological polar surface area (TPSA) is 38.0 Å². The van der Waals surface area contributed by atoms with Crippen LogP contribution in [-0.4, -0.2) is 6.04 Å². The Bertz CT molecular complexity index is 570. The van der Waals surface area contributed by atoms with Crippen molar-refractivity contribution < 1.29 is 8.78 Å². The van der Waals surface area contributed by atoms with E-state index in [1.807, 2.05) is 12.1 Å². The van der Waals surface area contributed by atoms with Crippen LogP contribution in [0, 0.1) is 11.6 Å². The zero-order chi connectivity index (χ0) is 14.5. The summed E-state index contributed by atoms with van der Waals surface area (Å²) in [5.41, 5.74) is 4.38. The molecule has 106 valence electrons. The number of nitrogens with one attached hydrogen (secondary N) is 1. The molecule has 0 heterocycles. The van der Waals surface area contributed by atoms with Gasteiger partial charge in [0.25, 0.3) is 0 Å². The van der Waals surface area contributed by atoms with Gasteiger partial charge in [-0.1, -0.05) is 28.1 Å². The number of nitrogens with two attached hydrogens (primary N) is 1. The molecule has 3 N–H and O–H groups in total. The van der Waals surface area contributed by atoms with E-state index in [1.54, 1.807) is 6.07 Å². The molecule has 1 atom stereocenters. The van der Waals surface area contributed by atoms with Crippen molar-refractivity contribution in [1.29, 1.82) is 0 Å². The minimum atomic E-state index is -0.295. The lowest BCUT2D eigenvalue weighted by molar-refractivity contribution is 0.518. The van der Waals surface area contributed by atoms with E-state index in [4.69, 9.17) is 5.84 Å². The summed E-state index contributed by atoms with van der Waals surface area (Å²) in [7, 11) is 0. The largest absolute Gasteiger partial charge is 0.271 e. The SMILES string of the molecule is NNC(Cc1cccc(F)c1)Cc1cc(F)cc(Br)c1. The van der Waals surface area contributed by atoms with Crippen molar-refractivity contribution in [1.82, 2.24) is 5.43 Å². The number of hydrogen-bond donors (Lipinski definition) is 2. The standard InChI is InChI=1S/C15H15BrF2N2/c16-12-4-11(6-14(18)9-12)8-15(20-19)7-10-2-1-3-13(17)5-10/h1-6,9,15,20H,7-8,19H2. The summed E-state index contributed by atoms with van der Waals surface area (Å²) in [5.74, 6) is 4.97. The molecule has 20 heavy (non-hydrogen) atoms. The second-order valence-electron chi connectivity index (χ2n) is 4.68. The molecular formula is C15H15BrF2N2. The molecule has 0 bridgehead atoms. The Kier molecular flexibility index (Phi) is 5.23. The van der Waals surface area contributed by atoms with Crippen LogP contribution in [-0.2, 0) is 12.8 Å². The molecule has 0 aliphatic heterocycles. The van der Waals surface area contributed by atoms with Crippen LogP contribution >= 0.6 is 15.9 Å². The summed E-state index contributed by atoms with van der Waals surface area (Å²) >= 11 is 3.26. The van der Waals surface area contributed by atoms with Crippen LogP contribution in [0.1, 0.15) is 11.1 Å². The van der Waals surface area contributed by atoms with Crippen LogP contribution in [0.3, 0.4) is 0 Å². The monoisotopic (exact) mass is 340 g/mol. The molecule has 2 rings (SSSR count). The number of halogens is 3. The molecule has 0 spiro atoms. The highest BCUT2D eigenvalue weighted by molar-refractivity contribution is 9.10. The third kappa shape index (κ3) is 4.37. The zero-order valence-electron chi connectivity index (χ0n) is 10.7. The number of hydrogen-bond acceptors (Lipinski definition) is 2. The molecule has 2 nitrogen and oxygen atoms in total. The zero-order valence-corrected chi connectivity index (χ0v) is 12.3. The first kappa shape index (κ1) is 15.1. The quantitative estimate of drug-likeness (QED) is 0.647. The minimum absolute atomic E-state index is 0.0921. The third-order valence-corrected chi connectivity index (χ3v) is 3.47. The highest BCUT2D eigenvalue weighted by Gasteiger charge is 2.11. The van der Waals surface area contributed by atoms with Gasteiger partial charge in [-0.15, -0.1) is 0 Å². The smallest absolute Gasteiger partial charge is 0.124 e. The molecule has 0 amide bonds. The molecule has 0 radical (unpaired) electrons. The number of hydrazine groups is 1. The van der Waals surface area contributed by atoms with Crippen molar-refractivity contribution in [3.8, 4) is 0 Å². The van der Waals surface area contributed by atoms with Gasteiger partial charge in [-0.25, -0.2) is 8.78 Å². The molecule has 0 fully saturated rings. The third-order valence-electron chi connectivity index (χ3n) is 3.01. The van der Waals surface area contributed by atoms with Crippen LogP contribution < -0.4 is 11.3 Å². The molecule has 0 aliphatic rings. The van der Waals surface area contributed by atoms with E-state index >= 15 is 0 Å². The maximum Gasteiger partial charge on any atom is 0.124 e. The van der Waals surface area contributed by atoms with E-state index in [-0.39, 0.29) is 17.7 Å². The summed E-state index contributed by atoms with van der Waals surface area (Å²) in [6, 6.07) is 11.0. The molecule has 2 aromatic rings. The molecule has 0 aromatic heterocycles. The highest BCUT2D eigenvalue weighted by atomic mass is 79.9. The van der Waals surface area contributed by atoms with Crippen molar-refractivity contribution >= 4 is 15.9 Å². The molecule has 1 unspecified atom stereocenters. The first-order valence-corrected chi connectivity index (χ1v) is 7.01. The summed E-state index contributed by atoms with van der Waals surface area (Å²) in [6.07, 6.45) is 1.13. The fourth-order valence-corrected chi connectivity index (χ4v) is 2.66. The number of benzene rings is 2. The second-order valence-corrected chi connectivity index (χ2v) is 5.60. The van der Waals surface area contributed by atoms with Crippen LogP contribution in [0.15, 0.2) is 46.9 Å². The fourth-order valence-electron chi connectivity index (χ4n) is 2.15. The van der Waals surface area contributed by atoms with Gasteiger partial charge in [0.1, 0.15) is 11.6 Å². The lowest BCUT2D eigenvalue weighted by Gasteiger charge is -2.16. The van der Waals surface area contributed by atoms with Crippen molar-refractivity contribution in [3.63, 3.8) is 0 Å². The maximum absolute atomic E-state index is 13.3. The molecule has 2 aromatic carbocycles. The van der Waals surface area contributed by atoms with E-state index in [9.17, 15) is 8.78 Å².